The van der Waals surface area contributed by atoms with Gasteiger partial charge in [0.05, 0.1) is 18.1 Å². The van der Waals surface area contributed by atoms with E-state index in [0.29, 0.717) is 0 Å². The van der Waals surface area contributed by atoms with Crippen LogP contribution in [0, 0.1) is 11.8 Å². The van der Waals surface area contributed by atoms with Crippen molar-refractivity contribution in [2.24, 2.45) is 11.8 Å². The maximum Gasteiger partial charge on any atom is 0.168 e. The van der Waals surface area contributed by atoms with E-state index in [1.165, 1.54) is 18.4 Å². The highest BCUT2D eigenvalue weighted by atomic mass is 16.5. The van der Waals surface area contributed by atoms with Gasteiger partial charge in [0.1, 0.15) is 0 Å². The number of benzene rings is 1. The zero-order chi connectivity index (χ0) is 14.7. The van der Waals surface area contributed by atoms with Gasteiger partial charge in [-0.05, 0) is 38.2 Å². The molecule has 1 aliphatic rings. The molecule has 4 atom stereocenters. The topological polar surface area (TPSA) is 26.3 Å². The van der Waals surface area contributed by atoms with Crippen LogP contribution in [0.15, 0.2) is 24.3 Å². The smallest absolute Gasteiger partial charge is 0.168 e. The number of aryl methyl sites for hydroxylation is 1. The lowest BCUT2D eigenvalue weighted by molar-refractivity contribution is 0.0491. The van der Waals surface area contributed by atoms with Crippen LogP contribution in [0.25, 0.3) is 0 Å². The van der Waals surface area contributed by atoms with Gasteiger partial charge in [-0.25, -0.2) is 0 Å². The molecule has 1 aromatic rings. The Bertz CT molecular complexity index is 449. The molecule has 4 unspecified atom stereocenters. The number of unbranched alkanes of at least 4 members (excludes halogenated alkanes) is 1. The van der Waals surface area contributed by atoms with Gasteiger partial charge in [0.25, 0.3) is 0 Å². The van der Waals surface area contributed by atoms with Crippen LogP contribution < -0.4 is 0 Å². The summed E-state index contributed by atoms with van der Waals surface area (Å²) in [6.07, 6.45) is 3.69. The minimum atomic E-state index is -0.00788. The number of hydrogen-bond donors (Lipinski definition) is 0. The van der Waals surface area contributed by atoms with Crippen molar-refractivity contribution in [2.75, 3.05) is 0 Å². The van der Waals surface area contributed by atoms with E-state index in [2.05, 4.69) is 32.9 Å². The molecule has 1 aromatic carbocycles. The molecule has 0 bridgehead atoms. The summed E-state index contributed by atoms with van der Waals surface area (Å²) in [5.74, 6) is 0.514. The maximum atomic E-state index is 12.7. The summed E-state index contributed by atoms with van der Waals surface area (Å²) in [6.45, 7) is 8.38. The predicted molar refractivity (Wildman–Crippen MR) is 82.0 cm³/mol. The van der Waals surface area contributed by atoms with Crippen molar-refractivity contribution in [1.29, 1.82) is 0 Å². The lowest BCUT2D eigenvalue weighted by Gasteiger charge is -2.17. The fraction of sp³-hybridized carbons (Fsp3) is 0.611. The third-order valence-corrected chi connectivity index (χ3v) is 4.60. The Balaban J connectivity index is 2.09. The second-order valence-electron chi connectivity index (χ2n) is 6.10. The molecule has 0 aliphatic carbocycles. The van der Waals surface area contributed by atoms with Crippen molar-refractivity contribution >= 4 is 5.78 Å². The van der Waals surface area contributed by atoms with E-state index in [-0.39, 0.29) is 29.8 Å². The van der Waals surface area contributed by atoms with Crippen molar-refractivity contribution in [3.63, 3.8) is 0 Å². The Morgan fingerprint density at radius 2 is 1.75 bits per heavy atom. The minimum absolute atomic E-state index is 0.00788. The molecule has 0 N–H and O–H groups in total. The van der Waals surface area contributed by atoms with Gasteiger partial charge >= 0.3 is 0 Å². The van der Waals surface area contributed by atoms with E-state index >= 15 is 0 Å². The van der Waals surface area contributed by atoms with E-state index < -0.39 is 0 Å². The van der Waals surface area contributed by atoms with Crippen LogP contribution in [-0.4, -0.2) is 18.0 Å². The van der Waals surface area contributed by atoms with Crippen molar-refractivity contribution in [2.45, 2.75) is 59.2 Å². The first-order valence-corrected chi connectivity index (χ1v) is 7.83. The van der Waals surface area contributed by atoms with Gasteiger partial charge < -0.3 is 4.74 Å². The molecule has 1 heterocycles. The van der Waals surface area contributed by atoms with Crippen molar-refractivity contribution < 1.29 is 9.53 Å². The average molecular weight is 274 g/mol. The number of hydrogen-bond acceptors (Lipinski definition) is 2. The number of ether oxygens (including phenoxy) is 1. The van der Waals surface area contributed by atoms with Crippen LogP contribution >= 0.6 is 0 Å². The third-order valence-electron chi connectivity index (χ3n) is 4.60. The lowest BCUT2D eigenvalue weighted by atomic mass is 9.83. The van der Waals surface area contributed by atoms with Gasteiger partial charge in [-0.2, -0.15) is 0 Å². The first kappa shape index (κ1) is 15.2. The van der Waals surface area contributed by atoms with Gasteiger partial charge in [-0.15, -0.1) is 0 Å². The second-order valence-corrected chi connectivity index (χ2v) is 6.10. The summed E-state index contributed by atoms with van der Waals surface area (Å²) in [7, 11) is 0. The summed E-state index contributed by atoms with van der Waals surface area (Å²) in [4.78, 5) is 12.7. The fourth-order valence-corrected chi connectivity index (χ4v) is 3.13. The molecule has 2 nitrogen and oxygen atoms in total. The molecule has 2 rings (SSSR count). The van der Waals surface area contributed by atoms with Crippen LogP contribution in [0.5, 0.6) is 0 Å². The summed E-state index contributed by atoms with van der Waals surface area (Å²) in [5, 5.41) is 0. The van der Waals surface area contributed by atoms with Gasteiger partial charge in [0, 0.05) is 5.56 Å². The largest absolute Gasteiger partial charge is 0.374 e. The highest BCUT2D eigenvalue weighted by Crippen LogP contribution is 2.34. The molecule has 0 amide bonds. The molecule has 0 radical (unpaired) electrons. The average Bonchev–Trinajstić information content (AvgIpc) is 2.70. The molecular weight excluding hydrogens is 248 g/mol. The fourth-order valence-electron chi connectivity index (χ4n) is 3.13. The number of carbonyl (C=O) groups excluding carboxylic acids is 1. The summed E-state index contributed by atoms with van der Waals surface area (Å²) in [5.41, 5.74) is 2.15. The first-order chi connectivity index (χ1) is 9.54. The predicted octanol–water partition coefficient (Wildman–Crippen LogP) is 4.27. The van der Waals surface area contributed by atoms with Crippen molar-refractivity contribution in [3.05, 3.63) is 35.4 Å². The molecule has 1 aliphatic heterocycles. The molecule has 110 valence electrons. The highest BCUT2D eigenvalue weighted by Gasteiger charge is 2.41. The zero-order valence-corrected chi connectivity index (χ0v) is 13.1. The van der Waals surface area contributed by atoms with E-state index in [9.17, 15) is 4.79 Å². The van der Waals surface area contributed by atoms with Crippen LogP contribution in [0.4, 0.5) is 0 Å². The lowest BCUT2D eigenvalue weighted by Crippen LogP contribution is -2.26. The Kier molecular flexibility index (Phi) is 4.98. The zero-order valence-electron chi connectivity index (χ0n) is 13.1. The molecule has 1 saturated heterocycles. The molecule has 0 spiro atoms. The Labute approximate surface area is 122 Å². The van der Waals surface area contributed by atoms with E-state index in [0.717, 1.165) is 12.0 Å². The molecule has 2 heteroatoms. The van der Waals surface area contributed by atoms with Crippen molar-refractivity contribution in [1.82, 2.24) is 0 Å². The standard InChI is InChI=1S/C18H26O2/c1-5-6-7-15-8-10-16(11-9-15)18(19)17-12(2)13(3)20-14(17)4/h8-14,17H,5-7H2,1-4H3. The minimum Gasteiger partial charge on any atom is -0.374 e. The highest BCUT2D eigenvalue weighted by molar-refractivity contribution is 5.98. The quantitative estimate of drug-likeness (QED) is 0.749. The van der Waals surface area contributed by atoms with Gasteiger partial charge in [-0.1, -0.05) is 44.5 Å². The summed E-state index contributed by atoms with van der Waals surface area (Å²) in [6, 6.07) is 8.15. The molecule has 0 saturated carbocycles. The van der Waals surface area contributed by atoms with E-state index in [1.807, 2.05) is 19.1 Å². The number of Topliss-reactive ketones (excluding diaryl/α,β-unsaturated/α-hetero) is 1. The van der Waals surface area contributed by atoms with E-state index in [4.69, 9.17) is 4.74 Å². The number of rotatable bonds is 5. The number of carbonyl (C=O) groups is 1. The first-order valence-electron chi connectivity index (χ1n) is 7.83. The Morgan fingerprint density at radius 3 is 2.25 bits per heavy atom. The Hall–Kier alpha value is -1.15. The van der Waals surface area contributed by atoms with E-state index in [1.54, 1.807) is 0 Å². The van der Waals surface area contributed by atoms with Crippen molar-refractivity contribution in [3.8, 4) is 0 Å². The van der Waals surface area contributed by atoms with Gasteiger partial charge in [-0.3, -0.25) is 4.79 Å². The monoisotopic (exact) mass is 274 g/mol. The molecule has 0 aromatic heterocycles. The molecular formula is C18H26O2. The Morgan fingerprint density at radius 1 is 1.10 bits per heavy atom. The van der Waals surface area contributed by atoms with Gasteiger partial charge in [0.15, 0.2) is 5.78 Å². The van der Waals surface area contributed by atoms with Crippen LogP contribution in [0.3, 0.4) is 0 Å². The van der Waals surface area contributed by atoms with Crippen LogP contribution in [-0.2, 0) is 11.2 Å². The third kappa shape index (κ3) is 3.12. The molecule has 1 fully saturated rings. The normalized spacial score (nSPS) is 29.6. The summed E-state index contributed by atoms with van der Waals surface area (Å²) < 4.78 is 5.78. The second kappa shape index (κ2) is 6.53. The number of ketones is 1. The SMILES string of the molecule is CCCCc1ccc(C(=O)C2C(C)OC(C)C2C)cc1. The van der Waals surface area contributed by atoms with Gasteiger partial charge in [0.2, 0.25) is 0 Å². The summed E-state index contributed by atoms with van der Waals surface area (Å²) >= 11 is 0. The van der Waals surface area contributed by atoms with Crippen LogP contribution in [0.2, 0.25) is 0 Å². The maximum absolute atomic E-state index is 12.7. The molecule has 20 heavy (non-hydrogen) atoms. The van der Waals surface area contributed by atoms with Crippen LogP contribution in [0.1, 0.15) is 56.5 Å².